The minimum atomic E-state index is 0.876. The molecule has 0 bridgehead atoms. The fourth-order valence-electron chi connectivity index (χ4n) is 1.99. The molecule has 2 rings (SSSR count). The van der Waals surface area contributed by atoms with Crippen LogP contribution < -0.4 is 10.1 Å². The van der Waals surface area contributed by atoms with Crippen LogP contribution in [0.3, 0.4) is 0 Å². The summed E-state index contributed by atoms with van der Waals surface area (Å²) < 4.78 is 5.25. The highest BCUT2D eigenvalue weighted by atomic mass is 16.5. The lowest BCUT2D eigenvalue weighted by atomic mass is 10.1. The second-order valence-corrected chi connectivity index (χ2v) is 4.34. The number of methoxy groups -OCH3 is 1. The van der Waals surface area contributed by atoms with Gasteiger partial charge >= 0.3 is 0 Å². The molecule has 3 nitrogen and oxygen atoms in total. The molecule has 1 aromatic carbocycles. The van der Waals surface area contributed by atoms with Gasteiger partial charge in [0.2, 0.25) is 0 Å². The summed E-state index contributed by atoms with van der Waals surface area (Å²) in [6, 6.07) is 8.18. The highest BCUT2D eigenvalue weighted by molar-refractivity contribution is 5.83. The van der Waals surface area contributed by atoms with Gasteiger partial charge in [-0.3, -0.25) is 0 Å². The van der Waals surface area contributed by atoms with Gasteiger partial charge in [-0.05, 0) is 42.7 Å². The normalized spacial score (nSPS) is 10.6. The first kappa shape index (κ1) is 12.7. The zero-order chi connectivity index (χ0) is 13.0. The Labute approximate surface area is 108 Å². The van der Waals surface area contributed by atoms with Crippen molar-refractivity contribution in [2.45, 2.75) is 26.7 Å². The Morgan fingerprint density at radius 3 is 2.72 bits per heavy atom. The molecule has 18 heavy (non-hydrogen) atoms. The number of anilines is 1. The van der Waals surface area contributed by atoms with Gasteiger partial charge in [-0.25, -0.2) is 4.98 Å². The van der Waals surface area contributed by atoms with Crippen molar-refractivity contribution >= 4 is 16.7 Å². The predicted octanol–water partition coefficient (Wildman–Crippen LogP) is 3.63. The first-order valence-electron chi connectivity index (χ1n) is 6.50. The summed E-state index contributed by atoms with van der Waals surface area (Å²) in [5, 5.41) is 4.52. The summed E-state index contributed by atoms with van der Waals surface area (Å²) in [7, 11) is 1.69. The van der Waals surface area contributed by atoms with Crippen molar-refractivity contribution < 1.29 is 4.74 Å². The van der Waals surface area contributed by atoms with E-state index >= 15 is 0 Å². The molecule has 0 saturated carbocycles. The molecule has 2 aromatic rings. The average Bonchev–Trinajstić information content (AvgIpc) is 2.43. The zero-order valence-corrected chi connectivity index (χ0v) is 11.3. The summed E-state index contributed by atoms with van der Waals surface area (Å²) in [6.45, 7) is 5.27. The summed E-state index contributed by atoms with van der Waals surface area (Å²) in [5.41, 5.74) is 2.26. The number of fused-ring (bicyclic) bond motifs is 1. The van der Waals surface area contributed by atoms with Crippen molar-refractivity contribution in [3.8, 4) is 5.75 Å². The van der Waals surface area contributed by atoms with E-state index in [1.807, 2.05) is 18.2 Å². The molecule has 0 fully saturated rings. The average molecular weight is 244 g/mol. The second kappa shape index (κ2) is 5.71. The van der Waals surface area contributed by atoms with Crippen LogP contribution in [0.1, 0.15) is 25.8 Å². The Hall–Kier alpha value is -1.77. The smallest absolute Gasteiger partial charge is 0.129 e. The number of nitrogens with zero attached hydrogens (tertiary/aromatic N) is 1. The van der Waals surface area contributed by atoms with Crippen molar-refractivity contribution in [3.05, 3.63) is 29.8 Å². The molecule has 0 aliphatic carbocycles. The number of benzene rings is 1. The van der Waals surface area contributed by atoms with Crippen LogP contribution in [0, 0.1) is 0 Å². The summed E-state index contributed by atoms with van der Waals surface area (Å²) >= 11 is 0. The van der Waals surface area contributed by atoms with Gasteiger partial charge in [0.05, 0.1) is 12.6 Å². The highest BCUT2D eigenvalue weighted by Crippen LogP contribution is 2.24. The molecular formula is C15H20N2O. The first-order valence-corrected chi connectivity index (χ1v) is 6.50. The van der Waals surface area contributed by atoms with Crippen LogP contribution in [0.15, 0.2) is 24.3 Å². The Balaban J connectivity index is 2.46. The number of pyridine rings is 1. The molecule has 0 amide bonds. The summed E-state index contributed by atoms with van der Waals surface area (Å²) in [4.78, 5) is 4.69. The Bertz CT molecular complexity index is 537. The molecule has 0 atom stereocenters. The predicted molar refractivity (Wildman–Crippen MR) is 76.5 cm³/mol. The monoisotopic (exact) mass is 244 g/mol. The van der Waals surface area contributed by atoms with Crippen LogP contribution in [0.5, 0.6) is 5.75 Å². The maximum atomic E-state index is 5.25. The first-order chi connectivity index (χ1) is 8.78. The highest BCUT2D eigenvalue weighted by Gasteiger charge is 2.05. The number of aromatic nitrogens is 1. The van der Waals surface area contributed by atoms with E-state index in [0.717, 1.165) is 41.9 Å². The van der Waals surface area contributed by atoms with Gasteiger partial charge in [-0.15, -0.1) is 0 Å². The SMILES string of the molecule is CCCNc1nc2ccc(OC)cc2cc1CC. The largest absolute Gasteiger partial charge is 0.497 e. The van der Waals surface area contributed by atoms with Crippen LogP contribution in [0.4, 0.5) is 5.82 Å². The van der Waals surface area contributed by atoms with E-state index < -0.39 is 0 Å². The Kier molecular flexibility index (Phi) is 4.03. The third kappa shape index (κ3) is 2.55. The van der Waals surface area contributed by atoms with Crippen LogP contribution in [-0.4, -0.2) is 18.6 Å². The van der Waals surface area contributed by atoms with Crippen LogP contribution in [0.25, 0.3) is 10.9 Å². The fourth-order valence-corrected chi connectivity index (χ4v) is 1.99. The van der Waals surface area contributed by atoms with Gasteiger partial charge in [0.1, 0.15) is 11.6 Å². The fraction of sp³-hybridized carbons (Fsp3) is 0.400. The second-order valence-electron chi connectivity index (χ2n) is 4.34. The molecule has 3 heteroatoms. The van der Waals surface area contributed by atoms with Crippen molar-refractivity contribution in [1.29, 1.82) is 0 Å². The minimum absolute atomic E-state index is 0.876. The lowest BCUT2D eigenvalue weighted by Gasteiger charge is -2.11. The third-order valence-corrected chi connectivity index (χ3v) is 3.02. The van der Waals surface area contributed by atoms with Gasteiger partial charge in [-0.1, -0.05) is 13.8 Å². The van der Waals surface area contributed by atoms with Crippen molar-refractivity contribution in [2.75, 3.05) is 19.0 Å². The van der Waals surface area contributed by atoms with Gasteiger partial charge < -0.3 is 10.1 Å². The van der Waals surface area contributed by atoms with Crippen LogP contribution in [0.2, 0.25) is 0 Å². The molecule has 0 unspecified atom stereocenters. The molecule has 96 valence electrons. The molecule has 0 aliphatic heterocycles. The number of ether oxygens (including phenoxy) is 1. The van der Waals surface area contributed by atoms with E-state index in [-0.39, 0.29) is 0 Å². The van der Waals surface area contributed by atoms with E-state index in [1.54, 1.807) is 7.11 Å². The van der Waals surface area contributed by atoms with E-state index in [4.69, 9.17) is 9.72 Å². The van der Waals surface area contributed by atoms with Gasteiger partial charge in [-0.2, -0.15) is 0 Å². The Morgan fingerprint density at radius 1 is 1.22 bits per heavy atom. The molecule has 1 aromatic heterocycles. The van der Waals surface area contributed by atoms with Crippen molar-refractivity contribution in [3.63, 3.8) is 0 Å². The Morgan fingerprint density at radius 2 is 2.06 bits per heavy atom. The number of hydrogen-bond acceptors (Lipinski definition) is 3. The van der Waals surface area contributed by atoms with Crippen LogP contribution in [-0.2, 0) is 6.42 Å². The summed E-state index contributed by atoms with van der Waals surface area (Å²) in [6.07, 6.45) is 2.08. The number of nitrogens with one attached hydrogen (secondary N) is 1. The van der Waals surface area contributed by atoms with Gasteiger partial charge in [0.15, 0.2) is 0 Å². The standard InChI is InChI=1S/C15H20N2O/c1-4-8-16-15-11(5-2)9-12-10-13(18-3)6-7-14(12)17-15/h6-7,9-10H,4-5,8H2,1-3H3,(H,16,17). The maximum absolute atomic E-state index is 5.25. The third-order valence-electron chi connectivity index (χ3n) is 3.02. The molecule has 1 heterocycles. The minimum Gasteiger partial charge on any atom is -0.497 e. The number of hydrogen-bond donors (Lipinski definition) is 1. The van der Waals surface area contributed by atoms with Gasteiger partial charge in [0, 0.05) is 11.9 Å². The number of rotatable bonds is 5. The molecule has 1 N–H and O–H groups in total. The maximum Gasteiger partial charge on any atom is 0.129 e. The number of aryl methyl sites for hydroxylation is 1. The van der Waals surface area contributed by atoms with Crippen LogP contribution >= 0.6 is 0 Å². The van der Waals surface area contributed by atoms with E-state index in [9.17, 15) is 0 Å². The van der Waals surface area contributed by atoms with E-state index in [0.29, 0.717) is 0 Å². The molecule has 0 saturated heterocycles. The topological polar surface area (TPSA) is 34.2 Å². The van der Waals surface area contributed by atoms with E-state index in [1.165, 1.54) is 5.56 Å². The van der Waals surface area contributed by atoms with Crippen molar-refractivity contribution in [2.24, 2.45) is 0 Å². The summed E-state index contributed by atoms with van der Waals surface area (Å²) in [5.74, 6) is 1.89. The van der Waals surface area contributed by atoms with Gasteiger partial charge in [0.25, 0.3) is 0 Å². The molecule has 0 radical (unpaired) electrons. The molecule has 0 aliphatic rings. The van der Waals surface area contributed by atoms with Crippen molar-refractivity contribution in [1.82, 2.24) is 4.98 Å². The zero-order valence-electron chi connectivity index (χ0n) is 11.3. The van der Waals surface area contributed by atoms with E-state index in [2.05, 4.69) is 25.2 Å². The lowest BCUT2D eigenvalue weighted by Crippen LogP contribution is -2.05. The lowest BCUT2D eigenvalue weighted by molar-refractivity contribution is 0.415. The quantitative estimate of drug-likeness (QED) is 0.872. The molecular weight excluding hydrogens is 224 g/mol. The molecule has 0 spiro atoms.